The lowest BCUT2D eigenvalue weighted by molar-refractivity contribution is -0.277. The summed E-state index contributed by atoms with van der Waals surface area (Å²) in [5, 5.41) is 25.2. The molecule has 4 fully saturated rings. The molecule has 0 aromatic carbocycles. The molecule has 35 heavy (non-hydrogen) atoms. The summed E-state index contributed by atoms with van der Waals surface area (Å²) in [6, 6.07) is 3.49. The number of rotatable bonds is 3. The van der Waals surface area contributed by atoms with Gasteiger partial charge in [-0.25, -0.2) is 0 Å². The molecule has 2 saturated heterocycles. The molecule has 190 valence electrons. The van der Waals surface area contributed by atoms with Gasteiger partial charge in [-0.05, 0) is 71.2 Å². The molecular weight excluding hydrogens is 466 g/mol. The predicted molar refractivity (Wildman–Crippen MR) is 133 cm³/mol. The van der Waals surface area contributed by atoms with Crippen LogP contribution in [-0.4, -0.2) is 74.4 Å². The minimum atomic E-state index is -0.862. The highest BCUT2D eigenvalue weighted by Crippen LogP contribution is 2.72. The summed E-state index contributed by atoms with van der Waals surface area (Å²) in [5.74, 6) is -0.168. The lowest BCUT2D eigenvalue weighted by Crippen LogP contribution is -2.72. The van der Waals surface area contributed by atoms with E-state index in [-0.39, 0.29) is 29.2 Å². The molecule has 7 nitrogen and oxygen atoms in total. The van der Waals surface area contributed by atoms with Crippen LogP contribution in [0.2, 0.25) is 0 Å². The monoisotopic (exact) mass is 501 g/mol. The Balaban J connectivity index is 1.32. The summed E-state index contributed by atoms with van der Waals surface area (Å²) in [7, 11) is 3.89. The lowest BCUT2D eigenvalue weighted by Gasteiger charge is -2.64. The largest absolute Gasteiger partial charge is 0.390 e. The first-order chi connectivity index (χ1) is 16.6. The van der Waals surface area contributed by atoms with Gasteiger partial charge >= 0.3 is 0 Å². The summed E-state index contributed by atoms with van der Waals surface area (Å²) < 4.78 is 7.20. The van der Waals surface area contributed by atoms with E-state index < -0.39 is 28.3 Å². The second-order valence-electron chi connectivity index (χ2n) is 12.1. The number of carbonyl (C=O) groups excluding carboxylic acids is 1. The number of halogens is 1. The highest BCUT2D eigenvalue weighted by molar-refractivity contribution is 6.25. The Morgan fingerprint density at radius 2 is 2.00 bits per heavy atom. The van der Waals surface area contributed by atoms with Gasteiger partial charge in [0, 0.05) is 35.1 Å². The zero-order valence-electron chi connectivity index (χ0n) is 20.7. The van der Waals surface area contributed by atoms with Crippen LogP contribution in [0.5, 0.6) is 0 Å². The maximum absolute atomic E-state index is 13.4. The van der Waals surface area contributed by atoms with Gasteiger partial charge < -0.3 is 25.2 Å². The van der Waals surface area contributed by atoms with Crippen molar-refractivity contribution in [3.8, 4) is 0 Å². The number of alkyl halides is 1. The summed E-state index contributed by atoms with van der Waals surface area (Å²) in [4.78, 5) is 18.9. The molecule has 1 aromatic rings. The number of pyridine rings is 1. The minimum absolute atomic E-state index is 0.0771. The number of nitrogens with one attached hydrogen (secondary N) is 1. The summed E-state index contributed by atoms with van der Waals surface area (Å²) in [5.41, 5.74) is 0.120. The fraction of sp³-hybridized carbons (Fsp3) is 0.704. The van der Waals surface area contributed by atoms with Crippen molar-refractivity contribution in [2.45, 2.75) is 86.2 Å². The molecule has 3 N–H and O–H groups in total. The first-order valence-electron chi connectivity index (χ1n) is 12.9. The molecule has 3 aliphatic carbocycles. The third-order valence-electron chi connectivity index (χ3n) is 10.4. The van der Waals surface area contributed by atoms with Crippen LogP contribution < -0.4 is 5.32 Å². The highest BCUT2D eigenvalue weighted by Gasteiger charge is 2.76. The molecule has 9 atom stereocenters. The minimum Gasteiger partial charge on any atom is -0.390 e. The molecule has 1 amide bonds. The van der Waals surface area contributed by atoms with E-state index in [4.69, 9.17) is 16.3 Å². The third-order valence-corrected chi connectivity index (χ3v) is 11.0. The van der Waals surface area contributed by atoms with Crippen LogP contribution in [-0.2, 0) is 9.53 Å². The maximum Gasteiger partial charge on any atom is 0.251 e. The first kappa shape index (κ1) is 23.9. The second kappa shape index (κ2) is 7.75. The van der Waals surface area contributed by atoms with Gasteiger partial charge in [0.15, 0.2) is 0 Å². The van der Waals surface area contributed by atoms with Crippen molar-refractivity contribution in [3.63, 3.8) is 0 Å². The number of fused-ring (bicyclic) bond motifs is 1. The maximum atomic E-state index is 13.4. The van der Waals surface area contributed by atoms with Crippen molar-refractivity contribution < 1.29 is 19.7 Å². The number of nitrogens with zero attached hydrogens (tertiary/aromatic N) is 2. The number of ether oxygens (including phenoxy) is 1. The molecule has 5 aliphatic rings. The van der Waals surface area contributed by atoms with E-state index in [0.29, 0.717) is 24.9 Å². The fourth-order valence-corrected chi connectivity index (χ4v) is 9.07. The molecule has 2 aliphatic heterocycles. The number of aromatic nitrogens is 1. The smallest absolute Gasteiger partial charge is 0.251 e. The number of aliphatic hydroxyl groups is 2. The molecule has 2 bridgehead atoms. The lowest BCUT2D eigenvalue weighted by atomic mass is 9.53. The molecule has 8 heteroatoms. The summed E-state index contributed by atoms with van der Waals surface area (Å²) >= 11 is 7.51. The number of aliphatic hydroxyl groups excluding tert-OH is 2. The Hall–Kier alpha value is -1.51. The van der Waals surface area contributed by atoms with Crippen LogP contribution in [0.3, 0.4) is 0 Å². The van der Waals surface area contributed by atoms with Crippen molar-refractivity contribution in [1.29, 1.82) is 0 Å². The van der Waals surface area contributed by atoms with Crippen molar-refractivity contribution in [1.82, 2.24) is 9.88 Å². The van der Waals surface area contributed by atoms with E-state index in [2.05, 4.69) is 23.3 Å². The second-order valence-corrected chi connectivity index (χ2v) is 12.8. The topological polar surface area (TPSA) is 94.9 Å². The zero-order valence-corrected chi connectivity index (χ0v) is 21.5. The van der Waals surface area contributed by atoms with E-state index in [1.807, 2.05) is 31.1 Å². The predicted octanol–water partition coefficient (Wildman–Crippen LogP) is 3.11. The Bertz CT molecular complexity index is 1070. The van der Waals surface area contributed by atoms with Gasteiger partial charge in [0.2, 0.25) is 0 Å². The number of allylic oxidation sites excluding steroid dienone is 1. The molecule has 3 unspecified atom stereocenters. The van der Waals surface area contributed by atoms with Crippen molar-refractivity contribution in [2.75, 3.05) is 19.4 Å². The third kappa shape index (κ3) is 3.11. The van der Waals surface area contributed by atoms with E-state index >= 15 is 0 Å². The van der Waals surface area contributed by atoms with E-state index in [9.17, 15) is 15.0 Å². The number of likely N-dealkylation sites (N-methyl/N-ethyl adjacent to an activating group) is 1. The highest BCUT2D eigenvalue weighted by atomic mass is 35.5. The molecule has 1 aromatic heterocycles. The van der Waals surface area contributed by atoms with Gasteiger partial charge in [0.25, 0.3) is 5.91 Å². The van der Waals surface area contributed by atoms with Gasteiger partial charge in [-0.2, -0.15) is 0 Å². The number of amides is 1. The molecule has 0 radical (unpaired) electrons. The molecule has 2 saturated carbocycles. The van der Waals surface area contributed by atoms with Crippen LogP contribution in [0.1, 0.15) is 51.9 Å². The van der Waals surface area contributed by atoms with Gasteiger partial charge in [-0.3, -0.25) is 9.78 Å². The number of carbonyl (C=O) groups is 1. The van der Waals surface area contributed by atoms with Gasteiger partial charge in [0.05, 0.1) is 40.2 Å². The van der Waals surface area contributed by atoms with E-state index in [0.717, 1.165) is 31.3 Å². The molecule has 2 spiro atoms. The Morgan fingerprint density at radius 1 is 1.20 bits per heavy atom. The van der Waals surface area contributed by atoms with Crippen molar-refractivity contribution in [2.24, 2.45) is 17.3 Å². The van der Waals surface area contributed by atoms with Crippen molar-refractivity contribution >= 4 is 23.2 Å². The van der Waals surface area contributed by atoms with Gasteiger partial charge in [-0.1, -0.05) is 13.0 Å². The van der Waals surface area contributed by atoms with E-state index in [1.165, 1.54) is 0 Å². The number of anilines is 1. The number of hydrogen-bond acceptors (Lipinski definition) is 6. The van der Waals surface area contributed by atoms with Crippen LogP contribution in [0, 0.1) is 17.3 Å². The van der Waals surface area contributed by atoms with Crippen LogP contribution in [0.15, 0.2) is 36.2 Å². The summed E-state index contributed by atoms with van der Waals surface area (Å²) in [6.45, 7) is 2.20. The Morgan fingerprint density at radius 3 is 2.71 bits per heavy atom. The molecular formula is C27H36ClN3O4. The molecule has 3 heterocycles. The average Bonchev–Trinajstić information content (AvgIpc) is 3.36. The normalized spacial score (nSPS) is 48.1. The molecule has 6 rings (SSSR count). The first-order valence-corrected chi connectivity index (χ1v) is 13.3. The average molecular weight is 502 g/mol. The van der Waals surface area contributed by atoms with Gasteiger partial charge in [-0.15, -0.1) is 11.6 Å². The quantitative estimate of drug-likeness (QED) is 0.551. The van der Waals surface area contributed by atoms with Crippen LogP contribution in [0.4, 0.5) is 5.69 Å². The fourth-order valence-electron chi connectivity index (χ4n) is 8.55. The van der Waals surface area contributed by atoms with E-state index in [1.54, 1.807) is 12.4 Å². The van der Waals surface area contributed by atoms with Crippen LogP contribution >= 0.6 is 11.6 Å². The van der Waals surface area contributed by atoms with Gasteiger partial charge in [0.1, 0.15) is 0 Å². The Kier molecular flexibility index (Phi) is 5.28. The van der Waals surface area contributed by atoms with Crippen molar-refractivity contribution in [3.05, 3.63) is 36.2 Å². The zero-order chi connectivity index (χ0) is 24.8. The van der Waals surface area contributed by atoms with Crippen LogP contribution in [0.25, 0.3) is 0 Å². The Labute approximate surface area is 211 Å². The standard InChI is InChI=1S/C27H36ClN3O4/c1-24-8-10-26(28)13-18-21(32)22(33)19(31(2)3)14-25(18)9-11-27(26,35-25)20(24)7-6-17(24)23(34)30-16-5-4-12-29-15-16/h4-6,12,15,18-22,32-33H,7-11,13-14H2,1-3H3,(H,30,34)/t18?,19-,20?,21+,22+,24+,25+,26?,27-/m0/s1. The number of hydrogen-bond donors (Lipinski definition) is 3. The summed E-state index contributed by atoms with van der Waals surface area (Å²) in [6.07, 6.45) is 8.98. The SMILES string of the molecule is CN(C)[C@H]1C[C@@]23CC[C@]4(O2)C2CC=C(C(=O)Nc5cccnc5)[C@@]2(C)CCC4(Cl)CC3[C@@H](O)[C@@H]1O.